The molecule has 98 valence electrons. The normalized spacial score (nSPS) is 10.3. The highest BCUT2D eigenvalue weighted by atomic mass is 19.3. The third kappa shape index (κ3) is 2.50. The molecule has 1 heterocycles. The van der Waals surface area contributed by atoms with Gasteiger partial charge in [0.2, 0.25) is 0 Å². The minimum atomic E-state index is -3.24. The van der Waals surface area contributed by atoms with Crippen LogP contribution in [0.15, 0.2) is 6.07 Å². The monoisotopic (exact) mass is 262 g/mol. The van der Waals surface area contributed by atoms with E-state index in [9.17, 15) is 23.7 Å². The van der Waals surface area contributed by atoms with Gasteiger partial charge in [-0.05, 0) is 4.92 Å². The second kappa shape index (κ2) is 5.34. The number of aromatic nitrogens is 1. The van der Waals surface area contributed by atoms with E-state index >= 15 is 0 Å². The van der Waals surface area contributed by atoms with E-state index in [0.717, 1.165) is 20.3 Å². The van der Waals surface area contributed by atoms with E-state index in [1.54, 1.807) is 0 Å². The lowest BCUT2D eigenvalue weighted by Gasteiger charge is -2.07. The first-order valence-corrected chi connectivity index (χ1v) is 4.52. The largest absolute Gasteiger partial charge is 0.465 e. The molecule has 0 amide bonds. The van der Waals surface area contributed by atoms with Crippen molar-refractivity contribution in [1.29, 1.82) is 0 Å². The van der Waals surface area contributed by atoms with E-state index < -0.39 is 34.3 Å². The summed E-state index contributed by atoms with van der Waals surface area (Å²) in [7, 11) is 2.10. The Morgan fingerprint density at radius 1 is 1.50 bits per heavy atom. The third-order valence-electron chi connectivity index (χ3n) is 2.02. The number of alkyl halides is 2. The topological polar surface area (TPSA) is 91.6 Å². The Hall–Kier alpha value is -2.32. The maximum atomic E-state index is 12.8. The summed E-state index contributed by atoms with van der Waals surface area (Å²) in [5, 5.41) is 10.7. The van der Waals surface area contributed by atoms with Gasteiger partial charge in [0.05, 0.1) is 19.8 Å². The summed E-state index contributed by atoms with van der Waals surface area (Å²) in [6, 6.07) is 0.861. The van der Waals surface area contributed by atoms with Crippen molar-refractivity contribution >= 4 is 11.8 Å². The van der Waals surface area contributed by atoms with Crippen LogP contribution >= 0.6 is 0 Å². The highest BCUT2D eigenvalue weighted by Crippen LogP contribution is 2.33. The summed E-state index contributed by atoms with van der Waals surface area (Å²) < 4.78 is 34.5. The summed E-state index contributed by atoms with van der Waals surface area (Å²) in [6.45, 7) is 0. The molecule has 1 rings (SSSR count). The number of rotatable bonds is 4. The van der Waals surface area contributed by atoms with Gasteiger partial charge in [0, 0.05) is 11.1 Å². The molecule has 0 bridgehead atoms. The molecule has 0 fully saturated rings. The second-order valence-electron chi connectivity index (χ2n) is 3.00. The number of carbonyl (C=O) groups excluding carboxylic acids is 1. The number of ether oxygens (including phenoxy) is 2. The molecule has 0 aromatic carbocycles. The first-order valence-electron chi connectivity index (χ1n) is 4.52. The van der Waals surface area contributed by atoms with E-state index in [0.29, 0.717) is 0 Å². The molecule has 0 aliphatic rings. The number of methoxy groups -OCH3 is 2. The molecular weight excluding hydrogens is 254 g/mol. The Morgan fingerprint density at radius 3 is 2.50 bits per heavy atom. The summed E-state index contributed by atoms with van der Waals surface area (Å²) in [5.41, 5.74) is -1.74. The number of nitrogens with zero attached hydrogens (tertiary/aromatic N) is 2. The minimum Gasteiger partial charge on any atom is -0.465 e. The number of pyridine rings is 1. The number of nitro groups is 1. The van der Waals surface area contributed by atoms with Crippen LogP contribution in [0.5, 0.6) is 5.88 Å². The maximum Gasteiger partial charge on any atom is 0.377 e. The van der Waals surface area contributed by atoms with Gasteiger partial charge in [0.15, 0.2) is 0 Å². The van der Waals surface area contributed by atoms with Crippen LogP contribution in [0.4, 0.5) is 14.6 Å². The summed E-state index contributed by atoms with van der Waals surface area (Å²) in [5.74, 6) is -2.59. The van der Waals surface area contributed by atoms with E-state index in [4.69, 9.17) is 0 Å². The third-order valence-corrected chi connectivity index (χ3v) is 2.02. The molecule has 1 aromatic heterocycles. The van der Waals surface area contributed by atoms with Crippen molar-refractivity contribution in [3.63, 3.8) is 0 Å². The van der Waals surface area contributed by atoms with Crippen LogP contribution in [0.1, 0.15) is 22.3 Å². The van der Waals surface area contributed by atoms with E-state index in [2.05, 4.69) is 14.5 Å². The average molecular weight is 262 g/mol. The van der Waals surface area contributed by atoms with Crippen LogP contribution in [0.2, 0.25) is 0 Å². The van der Waals surface area contributed by atoms with Crippen molar-refractivity contribution in [2.45, 2.75) is 6.43 Å². The summed E-state index contributed by atoms with van der Waals surface area (Å²) >= 11 is 0. The molecule has 0 aliphatic carbocycles. The molecule has 1 aromatic rings. The highest BCUT2D eigenvalue weighted by Gasteiger charge is 2.32. The predicted octanol–water partition coefficient (Wildman–Crippen LogP) is 1.72. The standard InChI is InChI=1S/C9H8F2N2O5/c1-17-5-3-4(9(14)18-2)6(7(10)11)8(12-5)13(15)16/h3,7H,1-2H3. The Kier molecular flexibility index (Phi) is 4.08. The fraction of sp³-hybridized carbons (Fsp3) is 0.333. The minimum absolute atomic E-state index is 0.327. The van der Waals surface area contributed by atoms with Gasteiger partial charge in [0.25, 0.3) is 6.43 Å². The lowest BCUT2D eigenvalue weighted by molar-refractivity contribution is -0.391. The zero-order valence-electron chi connectivity index (χ0n) is 9.35. The summed E-state index contributed by atoms with van der Waals surface area (Å²) in [4.78, 5) is 24.1. The predicted molar refractivity (Wildman–Crippen MR) is 53.7 cm³/mol. The zero-order chi connectivity index (χ0) is 13.9. The van der Waals surface area contributed by atoms with Crippen LogP contribution in [0.25, 0.3) is 0 Å². The number of hydrogen-bond acceptors (Lipinski definition) is 6. The fourth-order valence-corrected chi connectivity index (χ4v) is 1.26. The van der Waals surface area contributed by atoms with Gasteiger partial charge in [0.1, 0.15) is 5.56 Å². The molecule has 0 radical (unpaired) electrons. The summed E-state index contributed by atoms with van der Waals surface area (Å²) in [6.07, 6.45) is -3.24. The van der Waals surface area contributed by atoms with Gasteiger partial charge in [-0.3, -0.25) is 0 Å². The van der Waals surface area contributed by atoms with Gasteiger partial charge in [-0.15, -0.1) is 0 Å². The lowest BCUT2D eigenvalue weighted by Crippen LogP contribution is -2.11. The van der Waals surface area contributed by atoms with Gasteiger partial charge in [-0.25, -0.2) is 13.6 Å². The fourth-order valence-electron chi connectivity index (χ4n) is 1.26. The first kappa shape index (κ1) is 13.7. The molecule has 0 unspecified atom stereocenters. The molecule has 0 spiro atoms. The van der Waals surface area contributed by atoms with Crippen LogP contribution in [-0.4, -0.2) is 30.1 Å². The smallest absolute Gasteiger partial charge is 0.377 e. The zero-order valence-corrected chi connectivity index (χ0v) is 9.35. The Labute approximate surface area is 99.5 Å². The van der Waals surface area contributed by atoms with Crippen molar-refractivity contribution in [3.05, 3.63) is 27.3 Å². The van der Waals surface area contributed by atoms with E-state index in [-0.39, 0.29) is 5.88 Å². The van der Waals surface area contributed by atoms with Crippen LogP contribution in [0, 0.1) is 10.1 Å². The Balaban J connectivity index is 3.60. The van der Waals surface area contributed by atoms with Crippen LogP contribution < -0.4 is 4.74 Å². The first-order chi connectivity index (χ1) is 8.42. The van der Waals surface area contributed by atoms with Crippen LogP contribution in [0.3, 0.4) is 0 Å². The van der Waals surface area contributed by atoms with Crippen molar-refractivity contribution in [2.75, 3.05) is 14.2 Å². The molecule has 0 saturated carbocycles. The Bertz CT molecular complexity index is 492. The van der Waals surface area contributed by atoms with Gasteiger partial charge >= 0.3 is 17.7 Å². The van der Waals surface area contributed by atoms with Gasteiger partial charge in [-0.1, -0.05) is 0 Å². The molecule has 0 saturated heterocycles. The molecular formula is C9H8F2N2O5. The van der Waals surface area contributed by atoms with Crippen molar-refractivity contribution in [2.24, 2.45) is 0 Å². The molecule has 0 aliphatic heterocycles. The quantitative estimate of drug-likeness (QED) is 0.466. The number of hydrogen-bond donors (Lipinski definition) is 0. The molecule has 0 N–H and O–H groups in total. The van der Waals surface area contributed by atoms with Gasteiger partial charge in [-0.2, -0.15) is 0 Å². The lowest BCUT2D eigenvalue weighted by atomic mass is 10.1. The maximum absolute atomic E-state index is 12.8. The second-order valence-corrected chi connectivity index (χ2v) is 3.00. The number of halogens is 2. The van der Waals surface area contributed by atoms with Crippen molar-refractivity contribution in [1.82, 2.24) is 4.98 Å². The number of carbonyl (C=O) groups is 1. The van der Waals surface area contributed by atoms with Crippen molar-refractivity contribution in [3.8, 4) is 5.88 Å². The van der Waals surface area contributed by atoms with Crippen LogP contribution in [-0.2, 0) is 4.74 Å². The highest BCUT2D eigenvalue weighted by molar-refractivity contribution is 5.92. The molecule has 7 nitrogen and oxygen atoms in total. The molecule has 0 atom stereocenters. The van der Waals surface area contributed by atoms with Gasteiger partial charge < -0.3 is 19.6 Å². The average Bonchev–Trinajstić information content (AvgIpc) is 2.35. The van der Waals surface area contributed by atoms with E-state index in [1.807, 2.05) is 0 Å². The number of esters is 1. The molecule has 18 heavy (non-hydrogen) atoms. The Morgan fingerprint density at radius 2 is 2.11 bits per heavy atom. The van der Waals surface area contributed by atoms with E-state index in [1.165, 1.54) is 0 Å². The SMILES string of the molecule is COC(=O)c1cc(OC)nc([N+](=O)[O-])c1C(F)F. The molecule has 9 heteroatoms. The van der Waals surface area contributed by atoms with Crippen molar-refractivity contribution < 1.29 is 28.0 Å².